The standard InChI is InChI=1S/C43H44ClN9O5/c1-41(2)39(42(3,4)40(41)58-30-11-8-26(22-45)32(44)21-30)48-36(55)27-7-9-28(46-23-27)6-5-17-51-24-43(25-51)15-18-52(19-16-43)29-10-12-31-33(20-29)49-50-53(38(31)57)34-13-14-35(54)47-37(34)56/h7-12,20-21,23,34,39-40H,13-19,24-25H2,1-4H3,(H,48,55)(H,47,54,56)/t34?,39-,40-. The number of aromatic nitrogens is 4. The molecular weight excluding hydrogens is 758 g/mol. The van der Waals surface area contributed by atoms with E-state index in [4.69, 9.17) is 16.3 Å². The number of nitrogens with zero attached hydrogens (tertiary/aromatic N) is 7. The van der Waals surface area contributed by atoms with Gasteiger partial charge in [-0.15, -0.1) is 5.10 Å². The third-order valence-electron chi connectivity index (χ3n) is 12.5. The van der Waals surface area contributed by atoms with E-state index in [0.29, 0.717) is 45.0 Å². The number of pyridine rings is 1. The van der Waals surface area contributed by atoms with Gasteiger partial charge in [0, 0.05) is 67.4 Å². The Bertz CT molecular complexity index is 2470. The van der Waals surface area contributed by atoms with Crippen molar-refractivity contribution in [3.8, 4) is 23.7 Å². The Hall–Kier alpha value is -5.83. The molecule has 1 saturated carbocycles. The van der Waals surface area contributed by atoms with Crippen LogP contribution < -0.4 is 25.8 Å². The van der Waals surface area contributed by atoms with Crippen molar-refractivity contribution in [3.63, 3.8) is 0 Å². The van der Waals surface area contributed by atoms with Crippen molar-refractivity contribution in [1.82, 2.24) is 35.5 Å². The molecule has 58 heavy (non-hydrogen) atoms. The molecule has 0 bridgehead atoms. The van der Waals surface area contributed by atoms with Gasteiger partial charge in [-0.05, 0) is 73.1 Å². The number of nitriles is 1. The van der Waals surface area contributed by atoms with Gasteiger partial charge in [-0.2, -0.15) is 9.94 Å². The molecule has 3 amide bonds. The number of amides is 3. The molecule has 2 N–H and O–H groups in total. The number of hydrogen-bond donors (Lipinski definition) is 2. The van der Waals surface area contributed by atoms with Crippen molar-refractivity contribution < 1.29 is 19.1 Å². The Balaban J connectivity index is 0.800. The summed E-state index contributed by atoms with van der Waals surface area (Å²) in [6.07, 6.45) is 3.81. The van der Waals surface area contributed by atoms with E-state index in [1.165, 1.54) is 0 Å². The number of imide groups is 1. The first-order valence-electron chi connectivity index (χ1n) is 19.5. The number of nitrogens with one attached hydrogen (secondary N) is 2. The molecule has 3 aliphatic heterocycles. The Morgan fingerprint density at radius 3 is 2.47 bits per heavy atom. The molecule has 4 aromatic rings. The molecule has 4 fully saturated rings. The zero-order chi connectivity index (χ0) is 41.0. The van der Waals surface area contributed by atoms with E-state index < -0.39 is 17.5 Å². The van der Waals surface area contributed by atoms with Gasteiger partial charge in [0.25, 0.3) is 17.4 Å². The third kappa shape index (κ3) is 7.16. The number of halogens is 1. The maximum absolute atomic E-state index is 13.3. The topological polar surface area (TPSA) is 175 Å². The van der Waals surface area contributed by atoms with E-state index in [1.54, 1.807) is 42.6 Å². The first-order valence-corrected chi connectivity index (χ1v) is 19.9. The summed E-state index contributed by atoms with van der Waals surface area (Å²) in [5.41, 5.74) is 2.01. The van der Waals surface area contributed by atoms with E-state index in [9.17, 15) is 24.4 Å². The number of anilines is 1. The second-order valence-corrected chi connectivity index (χ2v) is 17.6. The average molecular weight is 802 g/mol. The summed E-state index contributed by atoms with van der Waals surface area (Å²) in [5.74, 6) is 5.89. The molecule has 15 heteroatoms. The number of piperidine rings is 2. The second-order valence-electron chi connectivity index (χ2n) is 17.2. The molecule has 3 saturated heterocycles. The number of benzene rings is 2. The molecule has 8 rings (SSSR count). The smallest absolute Gasteiger partial charge is 0.278 e. The Morgan fingerprint density at radius 1 is 1.03 bits per heavy atom. The minimum Gasteiger partial charge on any atom is -0.489 e. The summed E-state index contributed by atoms with van der Waals surface area (Å²) in [6.45, 7) is 12.6. The van der Waals surface area contributed by atoms with E-state index in [0.717, 1.165) is 49.4 Å². The van der Waals surface area contributed by atoms with E-state index in [-0.39, 0.29) is 53.0 Å². The largest absolute Gasteiger partial charge is 0.489 e. The van der Waals surface area contributed by atoms with Crippen LogP contribution in [0.25, 0.3) is 10.9 Å². The number of rotatable bonds is 7. The molecule has 1 spiro atoms. The monoisotopic (exact) mass is 801 g/mol. The lowest BCUT2D eigenvalue weighted by atomic mass is 9.49. The highest BCUT2D eigenvalue weighted by atomic mass is 35.5. The summed E-state index contributed by atoms with van der Waals surface area (Å²) in [6, 6.07) is 15.2. The number of likely N-dealkylation sites (tertiary alicyclic amines) is 1. The summed E-state index contributed by atoms with van der Waals surface area (Å²) < 4.78 is 7.43. The van der Waals surface area contributed by atoms with Crippen molar-refractivity contribution in [3.05, 3.63) is 86.9 Å². The SMILES string of the molecule is CC1(C)[C@H](NC(=O)c2ccc(C#CCN3CC4(CCN(c5ccc6c(=O)n(C7CCC(=O)NC7=O)nnc6c5)CC4)C3)nc2)C(C)(C)[C@H]1Oc1ccc(C#N)c(Cl)c1. The highest BCUT2D eigenvalue weighted by molar-refractivity contribution is 6.31. The van der Waals surface area contributed by atoms with Crippen LogP contribution in [0.15, 0.2) is 59.5 Å². The van der Waals surface area contributed by atoms with Crippen LogP contribution in [0.3, 0.4) is 0 Å². The number of fused-ring (bicyclic) bond motifs is 1. The van der Waals surface area contributed by atoms with E-state index in [1.807, 2.05) is 12.1 Å². The number of hydrogen-bond acceptors (Lipinski definition) is 11. The molecule has 0 radical (unpaired) electrons. The van der Waals surface area contributed by atoms with Crippen LogP contribution in [-0.2, 0) is 9.59 Å². The highest BCUT2D eigenvalue weighted by Crippen LogP contribution is 2.55. The summed E-state index contributed by atoms with van der Waals surface area (Å²) in [4.78, 5) is 59.5. The fourth-order valence-electron chi connectivity index (χ4n) is 9.58. The van der Waals surface area contributed by atoms with Crippen LogP contribution in [0.1, 0.15) is 81.0 Å². The fraction of sp³-hybridized carbons (Fsp3) is 0.442. The van der Waals surface area contributed by atoms with Gasteiger partial charge in [-0.3, -0.25) is 29.4 Å². The predicted octanol–water partition coefficient (Wildman–Crippen LogP) is 4.26. The summed E-state index contributed by atoms with van der Waals surface area (Å²) >= 11 is 6.23. The molecule has 4 aliphatic rings. The van der Waals surface area contributed by atoms with Crippen LogP contribution in [0.5, 0.6) is 5.75 Å². The molecular formula is C43H44ClN9O5. The van der Waals surface area contributed by atoms with Gasteiger partial charge >= 0.3 is 0 Å². The maximum Gasteiger partial charge on any atom is 0.278 e. The summed E-state index contributed by atoms with van der Waals surface area (Å²) in [5, 5.41) is 23.7. The lowest BCUT2D eigenvalue weighted by molar-refractivity contribution is -0.164. The molecule has 2 aromatic heterocycles. The van der Waals surface area contributed by atoms with Gasteiger partial charge in [0.05, 0.1) is 28.1 Å². The van der Waals surface area contributed by atoms with Crippen LogP contribution in [-0.4, -0.2) is 87.5 Å². The molecule has 14 nitrogen and oxygen atoms in total. The van der Waals surface area contributed by atoms with Gasteiger partial charge in [0.2, 0.25) is 5.91 Å². The van der Waals surface area contributed by atoms with Crippen molar-refractivity contribution >= 4 is 45.9 Å². The predicted molar refractivity (Wildman–Crippen MR) is 216 cm³/mol. The summed E-state index contributed by atoms with van der Waals surface area (Å²) in [7, 11) is 0. The molecule has 2 aromatic carbocycles. The normalized spacial score (nSPS) is 23.1. The van der Waals surface area contributed by atoms with Gasteiger partial charge in [0.15, 0.2) is 0 Å². The zero-order valence-electron chi connectivity index (χ0n) is 32.8. The van der Waals surface area contributed by atoms with Crippen LogP contribution >= 0.6 is 11.6 Å². The quantitative estimate of drug-likeness (QED) is 0.202. The fourth-order valence-corrected chi connectivity index (χ4v) is 9.80. The number of ether oxygens (including phenoxy) is 1. The van der Waals surface area contributed by atoms with Gasteiger partial charge < -0.3 is 15.0 Å². The number of carbonyl (C=O) groups excluding carboxylic acids is 3. The Labute approximate surface area is 340 Å². The van der Waals surface area contributed by atoms with E-state index in [2.05, 4.69) is 81.3 Å². The maximum atomic E-state index is 13.3. The number of carbonyl (C=O) groups is 3. The molecule has 1 aliphatic carbocycles. The van der Waals surface area contributed by atoms with Crippen molar-refractivity contribution in [2.75, 3.05) is 37.6 Å². The molecule has 1 atom stereocenters. The van der Waals surface area contributed by atoms with E-state index >= 15 is 0 Å². The van der Waals surface area contributed by atoms with Crippen LogP contribution in [0, 0.1) is 39.4 Å². The lowest BCUT2D eigenvalue weighted by Crippen LogP contribution is -2.74. The van der Waals surface area contributed by atoms with Crippen molar-refractivity contribution in [2.45, 2.75) is 71.6 Å². The highest BCUT2D eigenvalue weighted by Gasteiger charge is 2.64. The van der Waals surface area contributed by atoms with Gasteiger partial charge in [-0.1, -0.05) is 50.4 Å². The van der Waals surface area contributed by atoms with Gasteiger partial charge in [-0.25, -0.2) is 4.98 Å². The molecule has 298 valence electrons. The van der Waals surface area contributed by atoms with Crippen LogP contribution in [0.4, 0.5) is 5.69 Å². The van der Waals surface area contributed by atoms with Crippen molar-refractivity contribution in [2.24, 2.45) is 16.2 Å². The molecule has 5 heterocycles. The zero-order valence-corrected chi connectivity index (χ0v) is 33.6. The van der Waals surface area contributed by atoms with Crippen molar-refractivity contribution in [1.29, 1.82) is 5.26 Å². The third-order valence-corrected chi connectivity index (χ3v) is 12.8. The average Bonchev–Trinajstić information content (AvgIpc) is 3.19. The van der Waals surface area contributed by atoms with Crippen LogP contribution in [0.2, 0.25) is 5.02 Å². The second kappa shape index (κ2) is 14.8. The minimum absolute atomic E-state index is 0.150. The Morgan fingerprint density at radius 2 is 1.79 bits per heavy atom. The molecule has 1 unspecified atom stereocenters. The minimum atomic E-state index is -0.850. The first kappa shape index (κ1) is 39.0. The lowest BCUT2D eigenvalue weighted by Gasteiger charge is -2.63. The van der Waals surface area contributed by atoms with Gasteiger partial charge in [0.1, 0.15) is 35.2 Å². The Kier molecular flexibility index (Phi) is 9.98. The first-order chi connectivity index (χ1) is 27.7.